The zero-order chi connectivity index (χ0) is 22.2. The molecule has 2 aromatic heterocycles. The van der Waals surface area contributed by atoms with Crippen LogP contribution in [0.1, 0.15) is 34.4 Å². The maximum absolute atomic E-state index is 13.7. The van der Waals surface area contributed by atoms with Crippen molar-refractivity contribution in [1.82, 2.24) is 19.6 Å². The van der Waals surface area contributed by atoms with Gasteiger partial charge in [-0.1, -0.05) is 55.0 Å². The third-order valence-electron chi connectivity index (χ3n) is 4.80. The first kappa shape index (κ1) is 20.5. The van der Waals surface area contributed by atoms with E-state index in [1.807, 2.05) is 26.0 Å². The Hall–Kier alpha value is -3.75. The number of carbonyl (C=O) groups excluding carboxylic acids is 1. The highest BCUT2D eigenvalue weighted by molar-refractivity contribution is 6.02. The van der Waals surface area contributed by atoms with E-state index in [4.69, 9.17) is 0 Å². The molecule has 0 saturated carbocycles. The minimum Gasteiger partial charge on any atom is -0.319 e. The Labute approximate surface area is 175 Å². The van der Waals surface area contributed by atoms with Crippen molar-refractivity contribution in [3.8, 4) is 11.3 Å². The molecular formula is C22H18F3N5O. The van der Waals surface area contributed by atoms with Gasteiger partial charge in [-0.05, 0) is 31.0 Å². The summed E-state index contributed by atoms with van der Waals surface area (Å²) in [5.41, 5.74) is 1.94. The molecule has 4 rings (SSSR count). The molecule has 6 nitrogen and oxygen atoms in total. The Morgan fingerprint density at radius 3 is 2.45 bits per heavy atom. The maximum Gasteiger partial charge on any atom is 0.433 e. The largest absolute Gasteiger partial charge is 0.433 e. The Balaban J connectivity index is 1.78. The molecule has 158 valence electrons. The molecular weight excluding hydrogens is 407 g/mol. The van der Waals surface area contributed by atoms with Crippen molar-refractivity contribution >= 4 is 17.4 Å². The molecule has 1 amide bonds. The number of nitrogens with one attached hydrogen (secondary N) is 1. The number of halogens is 3. The van der Waals surface area contributed by atoms with Gasteiger partial charge >= 0.3 is 6.18 Å². The summed E-state index contributed by atoms with van der Waals surface area (Å²) in [4.78, 5) is 20.8. The van der Waals surface area contributed by atoms with E-state index in [-0.39, 0.29) is 11.5 Å². The number of fused-ring (bicyclic) bond motifs is 1. The molecule has 0 unspecified atom stereocenters. The van der Waals surface area contributed by atoms with E-state index in [0.717, 1.165) is 17.2 Å². The second-order valence-electron chi connectivity index (χ2n) is 7.00. The number of aromatic nitrogens is 4. The number of anilines is 1. The average molecular weight is 425 g/mol. The molecule has 0 saturated heterocycles. The zero-order valence-corrected chi connectivity index (χ0v) is 16.7. The van der Waals surface area contributed by atoms with E-state index in [2.05, 4.69) is 20.4 Å². The molecule has 4 aromatic rings. The Morgan fingerprint density at radius 2 is 1.77 bits per heavy atom. The number of hydrogen-bond acceptors (Lipinski definition) is 4. The molecule has 0 spiro atoms. The molecule has 0 aliphatic heterocycles. The van der Waals surface area contributed by atoms with Gasteiger partial charge in [0.15, 0.2) is 5.69 Å². The van der Waals surface area contributed by atoms with Gasteiger partial charge < -0.3 is 5.32 Å². The number of para-hydroxylation sites is 1. The smallest absolute Gasteiger partial charge is 0.319 e. The van der Waals surface area contributed by atoms with Gasteiger partial charge in [-0.2, -0.15) is 22.7 Å². The molecule has 0 radical (unpaired) electrons. The van der Waals surface area contributed by atoms with Gasteiger partial charge in [0.25, 0.3) is 11.7 Å². The maximum atomic E-state index is 13.7. The Morgan fingerprint density at radius 1 is 1.06 bits per heavy atom. The lowest BCUT2D eigenvalue weighted by Gasteiger charge is -2.10. The second kappa shape index (κ2) is 7.82. The summed E-state index contributed by atoms with van der Waals surface area (Å²) in [5.74, 6) is -1.42. The number of benzene rings is 2. The summed E-state index contributed by atoms with van der Waals surface area (Å²) >= 11 is 0. The van der Waals surface area contributed by atoms with Gasteiger partial charge in [0, 0.05) is 11.3 Å². The van der Waals surface area contributed by atoms with Crippen LogP contribution in [0.25, 0.3) is 17.0 Å². The van der Waals surface area contributed by atoms with Gasteiger partial charge in [-0.3, -0.25) is 4.79 Å². The van der Waals surface area contributed by atoms with E-state index >= 15 is 0 Å². The number of aryl methyl sites for hydroxylation is 2. The summed E-state index contributed by atoms with van der Waals surface area (Å²) in [7, 11) is 0. The molecule has 0 bridgehead atoms. The third kappa shape index (κ3) is 4.11. The van der Waals surface area contributed by atoms with E-state index in [0.29, 0.717) is 22.2 Å². The summed E-state index contributed by atoms with van der Waals surface area (Å²) < 4.78 is 41.7. The third-order valence-corrected chi connectivity index (χ3v) is 4.80. The highest BCUT2D eigenvalue weighted by Gasteiger charge is 2.36. The molecule has 1 N–H and O–H groups in total. The van der Waals surface area contributed by atoms with E-state index in [1.165, 1.54) is 0 Å². The van der Waals surface area contributed by atoms with Crippen LogP contribution in [-0.4, -0.2) is 25.5 Å². The summed E-state index contributed by atoms with van der Waals surface area (Å²) in [5, 5.41) is 6.45. The lowest BCUT2D eigenvalue weighted by Crippen LogP contribution is -2.16. The molecule has 9 heteroatoms. The van der Waals surface area contributed by atoms with Gasteiger partial charge in [0.1, 0.15) is 0 Å². The minimum atomic E-state index is -4.71. The monoisotopic (exact) mass is 425 g/mol. The van der Waals surface area contributed by atoms with Crippen LogP contribution < -0.4 is 5.32 Å². The van der Waals surface area contributed by atoms with Crippen molar-refractivity contribution in [3.05, 3.63) is 77.2 Å². The number of hydrogen-bond donors (Lipinski definition) is 1. The second-order valence-corrected chi connectivity index (χ2v) is 7.00. The zero-order valence-electron chi connectivity index (χ0n) is 16.7. The molecule has 31 heavy (non-hydrogen) atoms. The molecule has 0 aliphatic carbocycles. The molecule has 2 aromatic carbocycles. The van der Waals surface area contributed by atoms with Gasteiger partial charge in [0.05, 0.1) is 5.69 Å². The Bertz CT molecular complexity index is 1260. The SMILES string of the molecule is CCc1ccccc1NC(=O)c1nc2nc(-c3ccc(C)cc3)cc(C(F)(F)F)n2n1. The van der Waals surface area contributed by atoms with Gasteiger partial charge in [0.2, 0.25) is 5.82 Å². The van der Waals surface area contributed by atoms with Crippen molar-refractivity contribution in [3.63, 3.8) is 0 Å². The minimum absolute atomic E-state index is 0.0931. The quantitative estimate of drug-likeness (QED) is 0.503. The molecule has 0 aliphatic rings. The normalized spacial score (nSPS) is 11.6. The van der Waals surface area contributed by atoms with Crippen molar-refractivity contribution in [2.45, 2.75) is 26.4 Å². The fourth-order valence-electron chi connectivity index (χ4n) is 3.17. The summed E-state index contributed by atoms with van der Waals surface area (Å²) in [6, 6.07) is 15.0. The van der Waals surface area contributed by atoms with Crippen LogP contribution in [0.3, 0.4) is 0 Å². The fourth-order valence-corrected chi connectivity index (χ4v) is 3.17. The van der Waals surface area contributed by atoms with Crippen molar-refractivity contribution in [2.75, 3.05) is 5.32 Å². The highest BCUT2D eigenvalue weighted by Crippen LogP contribution is 2.32. The van der Waals surface area contributed by atoms with Crippen LogP contribution in [-0.2, 0) is 12.6 Å². The van der Waals surface area contributed by atoms with E-state index in [1.54, 1.807) is 36.4 Å². The lowest BCUT2D eigenvalue weighted by molar-refractivity contribution is -0.142. The lowest BCUT2D eigenvalue weighted by atomic mass is 10.1. The number of amides is 1. The number of nitrogens with zero attached hydrogens (tertiary/aromatic N) is 4. The van der Waals surface area contributed by atoms with Crippen molar-refractivity contribution in [2.24, 2.45) is 0 Å². The fraction of sp³-hybridized carbons (Fsp3) is 0.182. The first-order valence-electron chi connectivity index (χ1n) is 9.57. The van der Waals surface area contributed by atoms with Gasteiger partial charge in [-0.25, -0.2) is 4.98 Å². The van der Waals surface area contributed by atoms with Crippen molar-refractivity contribution < 1.29 is 18.0 Å². The molecule has 0 atom stereocenters. The van der Waals surface area contributed by atoms with Crippen LogP contribution in [0.2, 0.25) is 0 Å². The van der Waals surface area contributed by atoms with Crippen LogP contribution in [0, 0.1) is 6.92 Å². The number of alkyl halides is 3. The first-order chi connectivity index (χ1) is 14.8. The van der Waals surface area contributed by atoms with Crippen molar-refractivity contribution in [1.29, 1.82) is 0 Å². The predicted octanol–water partition coefficient (Wildman–Crippen LogP) is 4.93. The van der Waals surface area contributed by atoms with Crippen LogP contribution in [0.5, 0.6) is 0 Å². The molecule has 0 fully saturated rings. The Kier molecular flexibility index (Phi) is 5.18. The average Bonchev–Trinajstić information content (AvgIpc) is 3.17. The first-order valence-corrected chi connectivity index (χ1v) is 9.57. The standard InChI is InChI=1S/C22H18F3N5O/c1-3-14-6-4-5-7-16(14)26-20(31)19-28-21-27-17(15-10-8-13(2)9-11-15)12-18(22(23,24)25)30(21)29-19/h4-12H,3H2,1-2H3,(H,26,31). The van der Waals surface area contributed by atoms with Crippen LogP contribution in [0.4, 0.5) is 18.9 Å². The van der Waals surface area contributed by atoms with Crippen LogP contribution >= 0.6 is 0 Å². The summed E-state index contributed by atoms with van der Waals surface area (Å²) in [6.45, 7) is 3.81. The van der Waals surface area contributed by atoms with E-state index in [9.17, 15) is 18.0 Å². The predicted molar refractivity (Wildman–Crippen MR) is 110 cm³/mol. The van der Waals surface area contributed by atoms with E-state index < -0.39 is 23.6 Å². The van der Waals surface area contributed by atoms with Gasteiger partial charge in [-0.15, -0.1) is 5.10 Å². The highest BCUT2D eigenvalue weighted by atomic mass is 19.4. The number of rotatable bonds is 4. The topological polar surface area (TPSA) is 72.2 Å². The summed E-state index contributed by atoms with van der Waals surface area (Å²) in [6.07, 6.45) is -4.04. The molecule has 2 heterocycles. The number of carbonyl (C=O) groups is 1. The van der Waals surface area contributed by atoms with Crippen LogP contribution in [0.15, 0.2) is 54.6 Å².